The van der Waals surface area contributed by atoms with Gasteiger partial charge in [0.25, 0.3) is 0 Å². The predicted molar refractivity (Wildman–Crippen MR) is 44.4 cm³/mol. The first kappa shape index (κ1) is 8.37. The molecule has 64 valence electrons. The fourth-order valence-corrected chi connectivity index (χ4v) is 1.29. The molecule has 0 radical (unpaired) electrons. The Morgan fingerprint density at radius 3 is 2.73 bits per heavy atom. The van der Waals surface area contributed by atoms with Crippen molar-refractivity contribution in [1.82, 2.24) is 10.2 Å². The van der Waals surface area contributed by atoms with Crippen molar-refractivity contribution in [2.75, 3.05) is 13.1 Å². The Balaban J connectivity index is 2.54. The van der Waals surface area contributed by atoms with E-state index < -0.39 is 0 Å². The number of rotatable bonds is 1. The fraction of sp³-hybridized carbons (Fsp3) is 0.875. The summed E-state index contributed by atoms with van der Waals surface area (Å²) in [5, 5.41) is 2.85. The molecular formula is C8H16N2O. The van der Waals surface area contributed by atoms with Crippen molar-refractivity contribution < 1.29 is 4.79 Å². The first-order chi connectivity index (χ1) is 5.11. The van der Waals surface area contributed by atoms with Crippen LogP contribution >= 0.6 is 0 Å². The van der Waals surface area contributed by atoms with Gasteiger partial charge in [0.05, 0.1) is 0 Å². The minimum absolute atomic E-state index is 0.0816. The van der Waals surface area contributed by atoms with E-state index in [4.69, 9.17) is 0 Å². The summed E-state index contributed by atoms with van der Waals surface area (Å²) >= 11 is 0. The van der Waals surface area contributed by atoms with Gasteiger partial charge in [-0.25, -0.2) is 4.79 Å². The van der Waals surface area contributed by atoms with Crippen LogP contribution in [0.3, 0.4) is 0 Å². The highest BCUT2D eigenvalue weighted by atomic mass is 16.2. The normalized spacial score (nSPS) is 25.6. The second-order valence-electron chi connectivity index (χ2n) is 3.54. The van der Waals surface area contributed by atoms with Crippen LogP contribution in [0.15, 0.2) is 0 Å². The smallest absolute Gasteiger partial charge is 0.317 e. The van der Waals surface area contributed by atoms with Crippen LogP contribution in [0.1, 0.15) is 20.8 Å². The third-order valence-corrected chi connectivity index (χ3v) is 1.99. The van der Waals surface area contributed by atoms with E-state index in [1.807, 2.05) is 18.7 Å². The van der Waals surface area contributed by atoms with E-state index in [1.165, 1.54) is 0 Å². The van der Waals surface area contributed by atoms with E-state index in [1.54, 1.807) is 0 Å². The topological polar surface area (TPSA) is 32.3 Å². The van der Waals surface area contributed by atoms with Crippen molar-refractivity contribution in [3.8, 4) is 0 Å². The maximum absolute atomic E-state index is 11.2. The number of urea groups is 1. The highest BCUT2D eigenvalue weighted by Crippen LogP contribution is 2.08. The lowest BCUT2D eigenvalue weighted by molar-refractivity contribution is 0.154. The van der Waals surface area contributed by atoms with Crippen LogP contribution in [0, 0.1) is 5.92 Å². The first-order valence-electron chi connectivity index (χ1n) is 4.15. The van der Waals surface area contributed by atoms with Gasteiger partial charge in [0.15, 0.2) is 0 Å². The summed E-state index contributed by atoms with van der Waals surface area (Å²) in [4.78, 5) is 13.1. The Bertz CT molecular complexity index is 156. The van der Waals surface area contributed by atoms with Crippen LogP contribution in [-0.2, 0) is 0 Å². The molecule has 1 saturated heterocycles. The van der Waals surface area contributed by atoms with Crippen LogP contribution < -0.4 is 5.32 Å². The number of carbonyl (C=O) groups is 1. The molecule has 1 heterocycles. The van der Waals surface area contributed by atoms with E-state index in [2.05, 4.69) is 12.2 Å². The van der Waals surface area contributed by atoms with Crippen LogP contribution in [0.4, 0.5) is 4.79 Å². The summed E-state index contributed by atoms with van der Waals surface area (Å²) in [7, 11) is 0. The second-order valence-corrected chi connectivity index (χ2v) is 3.54. The molecule has 0 unspecified atom stereocenters. The van der Waals surface area contributed by atoms with Gasteiger partial charge in [-0.3, -0.25) is 0 Å². The third-order valence-electron chi connectivity index (χ3n) is 1.99. The van der Waals surface area contributed by atoms with E-state index >= 15 is 0 Å². The molecule has 0 spiro atoms. The lowest BCUT2D eigenvalue weighted by atomic mass is 10.1. The van der Waals surface area contributed by atoms with E-state index in [-0.39, 0.29) is 6.03 Å². The molecule has 2 amide bonds. The van der Waals surface area contributed by atoms with Crippen molar-refractivity contribution >= 4 is 6.03 Å². The Kier molecular flexibility index (Phi) is 2.37. The van der Waals surface area contributed by atoms with Crippen molar-refractivity contribution in [1.29, 1.82) is 0 Å². The first-order valence-corrected chi connectivity index (χ1v) is 4.15. The van der Waals surface area contributed by atoms with Crippen molar-refractivity contribution in [2.24, 2.45) is 5.92 Å². The molecule has 3 heteroatoms. The zero-order valence-electron chi connectivity index (χ0n) is 7.42. The number of hydrogen-bond acceptors (Lipinski definition) is 1. The van der Waals surface area contributed by atoms with E-state index in [0.717, 1.165) is 13.1 Å². The molecule has 11 heavy (non-hydrogen) atoms. The van der Waals surface area contributed by atoms with Crippen molar-refractivity contribution in [3.05, 3.63) is 0 Å². The monoisotopic (exact) mass is 156 g/mol. The maximum Gasteiger partial charge on any atom is 0.317 e. The highest BCUT2D eigenvalue weighted by molar-refractivity contribution is 5.75. The van der Waals surface area contributed by atoms with Gasteiger partial charge in [-0.1, -0.05) is 6.92 Å². The zero-order chi connectivity index (χ0) is 8.43. The Labute approximate surface area is 67.8 Å². The lowest BCUT2D eigenvalue weighted by Crippen LogP contribution is -2.52. The zero-order valence-corrected chi connectivity index (χ0v) is 7.42. The molecule has 3 nitrogen and oxygen atoms in total. The molecular weight excluding hydrogens is 140 g/mol. The van der Waals surface area contributed by atoms with Crippen LogP contribution in [-0.4, -0.2) is 30.1 Å². The SMILES string of the molecule is CC(C)N1C[C@@H](C)CNC1=O. The minimum Gasteiger partial charge on any atom is -0.338 e. The van der Waals surface area contributed by atoms with Crippen LogP contribution in [0.25, 0.3) is 0 Å². The standard InChI is InChI=1S/C8H16N2O/c1-6(2)10-5-7(3)4-9-8(10)11/h6-7H,4-5H2,1-3H3,(H,9,11)/t7-/m0/s1. The molecule has 1 N–H and O–H groups in total. The molecule has 1 fully saturated rings. The van der Waals surface area contributed by atoms with Gasteiger partial charge in [0.1, 0.15) is 0 Å². The van der Waals surface area contributed by atoms with Gasteiger partial charge in [-0.05, 0) is 19.8 Å². The summed E-state index contributed by atoms with van der Waals surface area (Å²) in [6, 6.07) is 0.399. The molecule has 1 aliphatic rings. The Hall–Kier alpha value is -0.730. The summed E-state index contributed by atoms with van der Waals surface area (Å²) in [6.07, 6.45) is 0. The lowest BCUT2D eigenvalue weighted by Gasteiger charge is -2.34. The van der Waals surface area contributed by atoms with Gasteiger partial charge in [0, 0.05) is 19.1 Å². The summed E-state index contributed by atoms with van der Waals surface area (Å²) in [5.41, 5.74) is 0. The number of hydrogen-bond donors (Lipinski definition) is 1. The molecule has 0 aromatic heterocycles. The van der Waals surface area contributed by atoms with Gasteiger partial charge in [-0.15, -0.1) is 0 Å². The number of carbonyl (C=O) groups excluding carboxylic acids is 1. The second kappa shape index (κ2) is 3.11. The molecule has 1 rings (SSSR count). The van der Waals surface area contributed by atoms with Gasteiger partial charge < -0.3 is 10.2 Å². The molecule has 0 aromatic carbocycles. The number of nitrogens with zero attached hydrogens (tertiary/aromatic N) is 1. The minimum atomic E-state index is 0.0816. The van der Waals surface area contributed by atoms with Crippen LogP contribution in [0.2, 0.25) is 0 Å². The molecule has 0 bridgehead atoms. The summed E-state index contributed by atoms with van der Waals surface area (Å²) in [5.74, 6) is 0.579. The highest BCUT2D eigenvalue weighted by Gasteiger charge is 2.23. The van der Waals surface area contributed by atoms with Crippen molar-refractivity contribution in [2.45, 2.75) is 26.8 Å². The molecule has 0 aromatic rings. The number of nitrogens with one attached hydrogen (secondary N) is 1. The van der Waals surface area contributed by atoms with Crippen LogP contribution in [0.5, 0.6) is 0 Å². The third kappa shape index (κ3) is 1.85. The fourth-order valence-electron chi connectivity index (χ4n) is 1.29. The molecule has 0 saturated carbocycles. The van der Waals surface area contributed by atoms with Gasteiger partial charge in [0.2, 0.25) is 0 Å². The quantitative estimate of drug-likeness (QED) is 0.605. The largest absolute Gasteiger partial charge is 0.338 e. The summed E-state index contributed by atoms with van der Waals surface area (Å²) in [6.45, 7) is 7.94. The van der Waals surface area contributed by atoms with E-state index in [0.29, 0.717) is 12.0 Å². The van der Waals surface area contributed by atoms with Gasteiger partial charge in [-0.2, -0.15) is 0 Å². The Morgan fingerprint density at radius 2 is 2.27 bits per heavy atom. The van der Waals surface area contributed by atoms with Crippen molar-refractivity contribution in [3.63, 3.8) is 0 Å². The molecule has 0 aliphatic carbocycles. The van der Waals surface area contributed by atoms with E-state index in [9.17, 15) is 4.79 Å². The average Bonchev–Trinajstić information content (AvgIpc) is 1.94. The number of amides is 2. The molecule has 1 aliphatic heterocycles. The Morgan fingerprint density at radius 1 is 1.64 bits per heavy atom. The molecule has 1 atom stereocenters. The summed E-state index contributed by atoms with van der Waals surface area (Å²) < 4.78 is 0. The predicted octanol–water partition coefficient (Wildman–Crippen LogP) is 1.06. The average molecular weight is 156 g/mol. The maximum atomic E-state index is 11.2. The van der Waals surface area contributed by atoms with Gasteiger partial charge >= 0.3 is 6.03 Å².